The van der Waals surface area contributed by atoms with Crippen molar-refractivity contribution in [3.05, 3.63) is 29.8 Å². The zero-order chi connectivity index (χ0) is 14.9. The molecule has 0 aliphatic carbocycles. The number of phenolic OH excluding ortho intramolecular Hbond substituents is 1. The number of Topliss-reactive ketones (excluding diaryl/α,β-unsaturated/α-hetero) is 1. The molecule has 0 bridgehead atoms. The number of halogens is 1. The summed E-state index contributed by atoms with van der Waals surface area (Å²) in [5.74, 6) is 5.77. The second kappa shape index (κ2) is 0.896. The van der Waals surface area contributed by atoms with Gasteiger partial charge in [0.05, 0.1) is 0 Å². The van der Waals surface area contributed by atoms with Crippen LogP contribution in [0.25, 0.3) is 0 Å². The fourth-order valence-electron chi connectivity index (χ4n) is 17.7. The molecule has 4 heteroatoms. The zero-order valence-electron chi connectivity index (χ0n) is 12.0. The molecule has 5 unspecified atom stereocenters. The minimum absolute atomic E-state index is 0.0373. The second-order valence-corrected chi connectivity index (χ2v) is 34.9. The Labute approximate surface area is 121 Å². The number of hydrogen-bond donors (Lipinski definition) is 1. The van der Waals surface area contributed by atoms with Gasteiger partial charge in [-0.2, -0.15) is 0 Å². The predicted octanol–water partition coefficient (Wildman–Crippen LogP) is 3.95. The fraction of sp³-hybridized carbons (Fsp3) is 0.526. The fourth-order valence-corrected chi connectivity index (χ4v) is 90.4. The van der Waals surface area contributed by atoms with Crippen LogP contribution in [0, 0.1) is 11.8 Å². The Balaban J connectivity index is 1.25. The van der Waals surface area contributed by atoms with Crippen LogP contribution in [0.3, 0.4) is 0 Å². The van der Waals surface area contributed by atoms with Crippen LogP contribution in [0.4, 0.5) is 4.39 Å². The van der Waals surface area contributed by atoms with Crippen molar-refractivity contribution < 1.29 is 20.8 Å². The molecule has 10 saturated heterocycles. The molecule has 10 heterocycles. The summed E-state index contributed by atoms with van der Waals surface area (Å²) >= 11 is 0. The number of benzene rings is 1. The van der Waals surface area contributed by atoms with Gasteiger partial charge in [-0.15, -0.1) is 0 Å². The second-order valence-electron chi connectivity index (χ2n) is 11.8. The average Bonchev–Trinajstić information content (AvgIpc) is 3.48. The molecule has 1 aromatic carbocycles. The molecular formula is C19H13FFeO2. The maximum absolute atomic E-state index is 16.3. The number of fused-ring (bicyclic) bond motifs is 10. The Morgan fingerprint density at radius 1 is 1.09 bits per heavy atom. The van der Waals surface area contributed by atoms with E-state index >= 15 is 4.39 Å². The summed E-state index contributed by atoms with van der Waals surface area (Å²) in [6, 6.07) is 6.84. The summed E-state index contributed by atoms with van der Waals surface area (Å²) in [5.41, 5.74) is 0.487. The summed E-state index contributed by atoms with van der Waals surface area (Å²) in [7, 11) is 0. The number of ketones is 1. The molecule has 2 nitrogen and oxygen atoms in total. The molecule has 116 valence electrons. The molecule has 10 aliphatic heterocycles. The van der Waals surface area contributed by atoms with E-state index in [2.05, 4.69) is 11.8 Å². The number of phenols is 1. The van der Waals surface area contributed by atoms with Gasteiger partial charge in [-0.05, 0) is 0 Å². The standard InChI is InChI=1S/C14H8FO2.C5H5.Fe/c15-12-6-3-5-11(12)14(17)9-8-10-4-1-2-7-13(10)16;1-2-4-5-3-1;/h1-7,16H;1-5H;. The first-order valence-electron chi connectivity index (χ1n) is 8.59. The van der Waals surface area contributed by atoms with Gasteiger partial charge in [0.2, 0.25) is 0 Å². The number of aromatic hydroxyl groups is 1. The van der Waals surface area contributed by atoms with Crippen molar-refractivity contribution in [1.29, 1.82) is 0 Å². The van der Waals surface area contributed by atoms with Gasteiger partial charge in [-0.3, -0.25) is 0 Å². The van der Waals surface area contributed by atoms with Crippen LogP contribution >= 0.6 is 0 Å². The van der Waals surface area contributed by atoms with Crippen molar-refractivity contribution >= 4 is 5.78 Å². The van der Waals surface area contributed by atoms with Gasteiger partial charge in [0.25, 0.3) is 0 Å². The van der Waals surface area contributed by atoms with E-state index in [1.165, 1.54) is 0 Å². The summed E-state index contributed by atoms with van der Waals surface area (Å²) < 4.78 is 14.9. The number of rotatable bonds is 1. The van der Waals surface area contributed by atoms with Crippen molar-refractivity contribution in [3.8, 4) is 17.6 Å². The Morgan fingerprint density at radius 3 is 2.17 bits per heavy atom. The van der Waals surface area contributed by atoms with Gasteiger partial charge in [-0.1, -0.05) is 0 Å². The topological polar surface area (TPSA) is 37.3 Å². The minimum atomic E-state index is -4.16. The van der Waals surface area contributed by atoms with E-state index in [1.807, 2.05) is 0 Å². The zero-order valence-corrected chi connectivity index (χ0v) is 13.1. The summed E-state index contributed by atoms with van der Waals surface area (Å²) in [4.78, 5) is 18.8. The Bertz CT molecular complexity index is 1440. The van der Waals surface area contributed by atoms with Gasteiger partial charge in [0.1, 0.15) is 0 Å². The third-order valence-corrected chi connectivity index (χ3v) is 58.2. The van der Waals surface area contributed by atoms with Crippen LogP contribution in [0.2, 0.25) is 42.8 Å². The van der Waals surface area contributed by atoms with E-state index in [-0.39, 0.29) is 11.5 Å². The normalized spacial score (nSPS) is 93.4. The van der Waals surface area contributed by atoms with Crippen molar-refractivity contribution in [2.45, 2.75) is 47.4 Å². The van der Waals surface area contributed by atoms with Crippen LogP contribution in [0.1, 0.15) is 5.56 Å². The van der Waals surface area contributed by atoms with Crippen molar-refractivity contribution in [1.82, 2.24) is 0 Å². The summed E-state index contributed by atoms with van der Waals surface area (Å²) in [5, 5.41) is 9.84. The van der Waals surface area contributed by atoms with Crippen molar-refractivity contribution in [2.24, 2.45) is 0 Å². The third kappa shape index (κ3) is 0.118. The SMILES string of the molecule is O=C(C#Cc1ccccc1O)[C]12[CH]3[CH]4[CH]5[C]1(F)[Fe]45321678[CH]2[CH]1[CH]6[CH]7[CH]28. The molecule has 0 saturated carbocycles. The molecule has 1 spiro atoms. The molecule has 1 aromatic rings. The molecule has 0 aromatic heterocycles. The Hall–Kier alpha value is -1.30. The number of carbonyl (C=O) groups is 1. The van der Waals surface area contributed by atoms with Gasteiger partial charge in [-0.25, -0.2) is 0 Å². The number of hydrogen-bond acceptors (Lipinski definition) is 2. The molecule has 0 amide bonds. The van der Waals surface area contributed by atoms with E-state index < -0.39 is 15.4 Å². The predicted molar refractivity (Wildman–Crippen MR) is 76.5 cm³/mol. The van der Waals surface area contributed by atoms with Gasteiger partial charge in [0.15, 0.2) is 0 Å². The van der Waals surface area contributed by atoms with Crippen LogP contribution in [-0.2, 0) is 11.3 Å². The van der Waals surface area contributed by atoms with Crippen molar-refractivity contribution in [3.63, 3.8) is 0 Å². The molecule has 10 aliphatic rings. The summed E-state index contributed by atoms with van der Waals surface area (Å²) in [6.45, 7) is -4.16. The quantitative estimate of drug-likeness (QED) is 0.616. The molecule has 23 heavy (non-hydrogen) atoms. The van der Waals surface area contributed by atoms with E-state index in [9.17, 15) is 9.90 Å². The molecule has 1 N–H and O–H groups in total. The molecular weight excluding hydrogens is 335 g/mol. The summed E-state index contributed by atoms with van der Waals surface area (Å²) in [6.07, 6.45) is 0. The first kappa shape index (κ1) is 9.25. The molecule has 5 atom stereocenters. The number of para-hydroxylation sites is 1. The number of alkyl halides is 1. The third-order valence-electron chi connectivity index (χ3n) is 16.2. The van der Waals surface area contributed by atoms with Gasteiger partial charge >= 0.3 is 121 Å². The Kier molecular flexibility index (Phi) is 0.360. The molecule has 10 fully saturated rings. The van der Waals surface area contributed by atoms with E-state index in [0.717, 1.165) is 28.9 Å². The van der Waals surface area contributed by atoms with E-state index in [1.54, 1.807) is 24.3 Å². The molecule has 11 rings (SSSR count). The average molecular weight is 348 g/mol. The maximum atomic E-state index is 16.3. The van der Waals surface area contributed by atoms with Crippen LogP contribution in [0.15, 0.2) is 24.3 Å². The van der Waals surface area contributed by atoms with Crippen LogP contribution in [-0.4, -0.2) is 15.5 Å². The van der Waals surface area contributed by atoms with Crippen molar-refractivity contribution in [2.75, 3.05) is 0 Å². The van der Waals surface area contributed by atoms with Crippen LogP contribution < -0.4 is 0 Å². The number of carbonyl (C=O) groups excluding carboxylic acids is 1. The monoisotopic (exact) mass is 348 g/mol. The van der Waals surface area contributed by atoms with Crippen LogP contribution in [0.5, 0.6) is 5.75 Å². The Morgan fingerprint density at radius 2 is 1.74 bits per heavy atom. The van der Waals surface area contributed by atoms with Gasteiger partial charge < -0.3 is 0 Å². The first-order valence-corrected chi connectivity index (χ1v) is 14.8. The first-order chi connectivity index (χ1) is 10.8. The van der Waals surface area contributed by atoms with E-state index in [0.29, 0.717) is 15.2 Å². The molecule has 0 radical (unpaired) electrons. The van der Waals surface area contributed by atoms with E-state index in [4.69, 9.17) is 0 Å². The van der Waals surface area contributed by atoms with Gasteiger partial charge in [0, 0.05) is 0 Å².